The maximum Gasteiger partial charge on any atom is 0.227 e. The van der Waals surface area contributed by atoms with E-state index in [4.69, 9.17) is 4.74 Å². The zero-order valence-electron chi connectivity index (χ0n) is 14.9. The quantitative estimate of drug-likeness (QED) is 0.742. The average Bonchev–Trinajstić information content (AvgIpc) is 2.65. The fourth-order valence-corrected chi connectivity index (χ4v) is 2.84. The Morgan fingerprint density at radius 3 is 2.40 bits per heavy atom. The highest BCUT2D eigenvalue weighted by Crippen LogP contribution is 2.25. The number of amides is 1. The Balaban J connectivity index is 1.70. The molecule has 0 aliphatic heterocycles. The molecule has 0 aliphatic rings. The molecule has 3 aromatic rings. The monoisotopic (exact) mass is 333 g/mol. The summed E-state index contributed by atoms with van der Waals surface area (Å²) in [5.74, 6) is 0.675. The van der Waals surface area contributed by atoms with Gasteiger partial charge in [0.1, 0.15) is 5.75 Å². The third-order valence-corrected chi connectivity index (χ3v) is 4.55. The van der Waals surface area contributed by atoms with E-state index in [9.17, 15) is 4.79 Å². The first kappa shape index (κ1) is 17.0. The summed E-state index contributed by atoms with van der Waals surface area (Å²) >= 11 is 0. The van der Waals surface area contributed by atoms with E-state index in [1.54, 1.807) is 7.11 Å². The average molecular weight is 333 g/mol. The van der Waals surface area contributed by atoms with Crippen LogP contribution >= 0.6 is 0 Å². The number of ether oxygens (including phenoxy) is 1. The predicted molar refractivity (Wildman–Crippen MR) is 102 cm³/mol. The maximum atomic E-state index is 12.5. The van der Waals surface area contributed by atoms with Crippen LogP contribution in [0.5, 0.6) is 5.75 Å². The van der Waals surface area contributed by atoms with Crippen LogP contribution in [0, 0.1) is 6.92 Å². The number of hydrogen-bond donors (Lipinski definition) is 1. The van der Waals surface area contributed by atoms with Crippen molar-refractivity contribution in [3.05, 3.63) is 77.4 Å². The summed E-state index contributed by atoms with van der Waals surface area (Å²) < 4.78 is 5.26. The van der Waals surface area contributed by atoms with Crippen molar-refractivity contribution in [3.63, 3.8) is 0 Å². The highest BCUT2D eigenvalue weighted by atomic mass is 16.5. The standard InChI is InChI=1S/C22H23NO2/c1-15-4-6-17(7-5-15)14-23-22(24)16(2)18-8-9-20-13-21(25-3)11-10-19(20)12-18/h4-13,16H,14H2,1-3H3,(H,23,24)/t16-/m1/s1. The highest BCUT2D eigenvalue weighted by molar-refractivity contribution is 5.88. The van der Waals surface area contributed by atoms with Crippen LogP contribution in [0.1, 0.15) is 29.5 Å². The van der Waals surface area contributed by atoms with Crippen molar-refractivity contribution in [1.82, 2.24) is 5.32 Å². The third-order valence-electron chi connectivity index (χ3n) is 4.55. The molecule has 0 aromatic heterocycles. The summed E-state index contributed by atoms with van der Waals surface area (Å²) in [5, 5.41) is 5.24. The number of benzene rings is 3. The number of carbonyl (C=O) groups excluding carboxylic acids is 1. The molecule has 0 radical (unpaired) electrons. The number of hydrogen-bond acceptors (Lipinski definition) is 2. The van der Waals surface area contributed by atoms with Crippen molar-refractivity contribution < 1.29 is 9.53 Å². The van der Waals surface area contributed by atoms with E-state index in [0.29, 0.717) is 6.54 Å². The minimum atomic E-state index is -0.197. The molecule has 0 fully saturated rings. The molecule has 1 N–H and O–H groups in total. The van der Waals surface area contributed by atoms with Gasteiger partial charge in [-0.15, -0.1) is 0 Å². The van der Waals surface area contributed by atoms with Gasteiger partial charge in [0.25, 0.3) is 0 Å². The lowest BCUT2D eigenvalue weighted by atomic mass is 9.97. The molecule has 3 rings (SSSR count). The van der Waals surface area contributed by atoms with Gasteiger partial charge in [0.2, 0.25) is 5.91 Å². The second kappa shape index (κ2) is 7.39. The predicted octanol–water partition coefficient (Wildman–Crippen LogP) is 4.58. The summed E-state index contributed by atoms with van der Waals surface area (Å²) in [5.41, 5.74) is 3.34. The van der Waals surface area contributed by atoms with E-state index in [1.165, 1.54) is 5.56 Å². The molecule has 0 aliphatic carbocycles. The molecule has 0 spiro atoms. The van der Waals surface area contributed by atoms with E-state index in [2.05, 4.69) is 30.4 Å². The Morgan fingerprint density at radius 1 is 1.00 bits per heavy atom. The topological polar surface area (TPSA) is 38.3 Å². The summed E-state index contributed by atoms with van der Waals surface area (Å²) in [6.45, 7) is 4.54. The first-order chi connectivity index (χ1) is 12.1. The molecule has 3 heteroatoms. The summed E-state index contributed by atoms with van der Waals surface area (Å²) in [6, 6.07) is 20.3. The van der Waals surface area contributed by atoms with Crippen LogP contribution in [0.4, 0.5) is 0 Å². The highest BCUT2D eigenvalue weighted by Gasteiger charge is 2.15. The van der Waals surface area contributed by atoms with Crippen molar-refractivity contribution in [2.45, 2.75) is 26.3 Å². The number of fused-ring (bicyclic) bond motifs is 1. The number of nitrogens with one attached hydrogen (secondary N) is 1. The molecule has 0 unspecified atom stereocenters. The van der Waals surface area contributed by atoms with E-state index < -0.39 is 0 Å². The molecule has 1 atom stereocenters. The van der Waals surface area contributed by atoms with E-state index in [0.717, 1.165) is 27.6 Å². The summed E-state index contributed by atoms with van der Waals surface area (Å²) in [7, 11) is 1.66. The van der Waals surface area contributed by atoms with Crippen molar-refractivity contribution in [2.75, 3.05) is 7.11 Å². The maximum absolute atomic E-state index is 12.5. The number of methoxy groups -OCH3 is 1. The van der Waals surface area contributed by atoms with Gasteiger partial charge >= 0.3 is 0 Å². The van der Waals surface area contributed by atoms with Gasteiger partial charge in [-0.2, -0.15) is 0 Å². The number of carbonyl (C=O) groups is 1. The van der Waals surface area contributed by atoms with Crippen LogP contribution in [-0.2, 0) is 11.3 Å². The zero-order chi connectivity index (χ0) is 17.8. The Hall–Kier alpha value is -2.81. The second-order valence-electron chi connectivity index (χ2n) is 6.40. The molecule has 0 saturated heterocycles. The van der Waals surface area contributed by atoms with Gasteiger partial charge in [-0.1, -0.05) is 54.1 Å². The molecular weight excluding hydrogens is 310 g/mol. The normalized spacial score (nSPS) is 12.0. The summed E-state index contributed by atoms with van der Waals surface area (Å²) in [6.07, 6.45) is 0. The third kappa shape index (κ3) is 4.00. The van der Waals surface area contributed by atoms with E-state index in [1.807, 2.05) is 49.4 Å². The van der Waals surface area contributed by atoms with Crippen molar-refractivity contribution in [2.24, 2.45) is 0 Å². The molecule has 3 aromatic carbocycles. The largest absolute Gasteiger partial charge is 0.497 e. The van der Waals surface area contributed by atoms with Gasteiger partial charge in [-0.25, -0.2) is 0 Å². The lowest BCUT2D eigenvalue weighted by Gasteiger charge is -2.14. The van der Waals surface area contributed by atoms with Crippen LogP contribution < -0.4 is 10.1 Å². The molecular formula is C22H23NO2. The first-order valence-electron chi connectivity index (χ1n) is 8.48. The molecule has 1 amide bonds. The molecule has 128 valence electrons. The molecule has 0 saturated carbocycles. The van der Waals surface area contributed by atoms with E-state index in [-0.39, 0.29) is 11.8 Å². The van der Waals surface area contributed by atoms with Crippen molar-refractivity contribution in [1.29, 1.82) is 0 Å². The fraction of sp³-hybridized carbons (Fsp3) is 0.227. The van der Waals surface area contributed by atoms with Gasteiger partial charge in [0.15, 0.2) is 0 Å². The first-order valence-corrected chi connectivity index (χ1v) is 8.48. The van der Waals surface area contributed by atoms with Crippen LogP contribution in [0.15, 0.2) is 60.7 Å². The van der Waals surface area contributed by atoms with Crippen molar-refractivity contribution >= 4 is 16.7 Å². The summed E-state index contributed by atoms with van der Waals surface area (Å²) in [4.78, 5) is 12.5. The molecule has 0 heterocycles. The Labute approximate surface area is 148 Å². The Bertz CT molecular complexity index is 884. The number of aryl methyl sites for hydroxylation is 1. The molecule has 0 bridgehead atoms. The van der Waals surface area contributed by atoms with Gasteiger partial charge in [-0.05, 0) is 47.9 Å². The van der Waals surface area contributed by atoms with Gasteiger partial charge in [0, 0.05) is 6.54 Å². The second-order valence-corrected chi connectivity index (χ2v) is 6.40. The van der Waals surface area contributed by atoms with Gasteiger partial charge < -0.3 is 10.1 Å². The number of rotatable bonds is 5. The Kier molecular flexibility index (Phi) is 5.03. The minimum Gasteiger partial charge on any atom is -0.497 e. The van der Waals surface area contributed by atoms with Crippen LogP contribution in [-0.4, -0.2) is 13.0 Å². The molecule has 25 heavy (non-hydrogen) atoms. The lowest BCUT2D eigenvalue weighted by Crippen LogP contribution is -2.27. The fourth-order valence-electron chi connectivity index (χ4n) is 2.84. The smallest absolute Gasteiger partial charge is 0.227 e. The van der Waals surface area contributed by atoms with Crippen molar-refractivity contribution in [3.8, 4) is 5.75 Å². The van der Waals surface area contributed by atoms with Crippen LogP contribution in [0.25, 0.3) is 10.8 Å². The zero-order valence-corrected chi connectivity index (χ0v) is 14.9. The van der Waals surface area contributed by atoms with Gasteiger partial charge in [-0.3, -0.25) is 4.79 Å². The SMILES string of the molecule is COc1ccc2cc([C@@H](C)C(=O)NCc3ccc(C)cc3)ccc2c1. The van der Waals surface area contributed by atoms with Crippen LogP contribution in [0.3, 0.4) is 0 Å². The van der Waals surface area contributed by atoms with Crippen LogP contribution in [0.2, 0.25) is 0 Å². The lowest BCUT2D eigenvalue weighted by molar-refractivity contribution is -0.122. The molecule has 3 nitrogen and oxygen atoms in total. The Morgan fingerprint density at radius 2 is 1.68 bits per heavy atom. The minimum absolute atomic E-state index is 0.0356. The van der Waals surface area contributed by atoms with E-state index >= 15 is 0 Å². The van der Waals surface area contributed by atoms with Gasteiger partial charge in [0.05, 0.1) is 13.0 Å².